The van der Waals surface area contributed by atoms with Crippen molar-refractivity contribution in [1.82, 2.24) is 9.97 Å². The summed E-state index contributed by atoms with van der Waals surface area (Å²) in [5, 5.41) is 11.2. The number of pyridine rings is 1. The van der Waals surface area contributed by atoms with Gasteiger partial charge >= 0.3 is 5.97 Å². The maximum Gasteiger partial charge on any atom is 0.307 e. The van der Waals surface area contributed by atoms with Crippen molar-refractivity contribution in [3.05, 3.63) is 82.5 Å². The number of benzene rings is 3. The number of aromatic nitrogens is 2. The van der Waals surface area contributed by atoms with E-state index in [1.54, 1.807) is 17.4 Å². The topological polar surface area (TPSA) is 75.5 Å². The first kappa shape index (κ1) is 28.2. The van der Waals surface area contributed by atoms with E-state index in [0.717, 1.165) is 67.3 Å². The van der Waals surface area contributed by atoms with Gasteiger partial charge in [0, 0.05) is 52.8 Å². The van der Waals surface area contributed by atoms with E-state index in [1.807, 2.05) is 58.2 Å². The van der Waals surface area contributed by atoms with Crippen molar-refractivity contribution in [3.8, 4) is 38.7 Å². The van der Waals surface area contributed by atoms with Crippen molar-refractivity contribution >= 4 is 44.8 Å². The van der Waals surface area contributed by atoms with Crippen LogP contribution in [0.5, 0.6) is 5.75 Å². The van der Waals surface area contributed by atoms with Crippen molar-refractivity contribution in [2.45, 2.75) is 46.1 Å². The fourth-order valence-electron chi connectivity index (χ4n) is 5.56. The minimum Gasteiger partial charge on any atom is -0.487 e. The summed E-state index contributed by atoms with van der Waals surface area (Å²) >= 11 is 7.95. The van der Waals surface area contributed by atoms with Crippen LogP contribution in [-0.4, -0.2) is 40.2 Å². The van der Waals surface area contributed by atoms with Crippen LogP contribution < -0.4 is 9.64 Å². The van der Waals surface area contributed by atoms with E-state index < -0.39 is 11.6 Å². The Morgan fingerprint density at radius 1 is 1.10 bits per heavy atom. The second-order valence-electron chi connectivity index (χ2n) is 11.8. The van der Waals surface area contributed by atoms with E-state index in [-0.39, 0.29) is 6.42 Å². The van der Waals surface area contributed by atoms with Crippen LogP contribution >= 0.6 is 22.9 Å². The molecule has 5 aromatic rings. The van der Waals surface area contributed by atoms with Crippen molar-refractivity contribution in [2.75, 3.05) is 18.5 Å². The summed E-state index contributed by atoms with van der Waals surface area (Å²) in [6.45, 7) is 8.90. The third kappa shape index (κ3) is 5.46. The van der Waals surface area contributed by atoms with Crippen LogP contribution in [0.2, 0.25) is 5.02 Å². The molecule has 0 aliphatic carbocycles. The second kappa shape index (κ2) is 10.7. The first-order valence-corrected chi connectivity index (χ1v) is 15.1. The molecule has 0 spiro atoms. The third-order valence-corrected chi connectivity index (χ3v) is 8.86. The standard InChI is InChI=1S/C34H32ClN3O3S/c1-19-14-27-32(31(25(19)18-30(39)40)24-9-8-23(35)17-29(24)41-34(2,3)4)42-33(37-27)22-10-12-36-26(15-22)21-7-6-20-11-13-38(5)28(20)16-21/h6-10,12,14-17H,11,13,18H2,1-5H3,(H,39,40). The van der Waals surface area contributed by atoms with Gasteiger partial charge < -0.3 is 14.7 Å². The number of anilines is 1. The number of halogens is 1. The summed E-state index contributed by atoms with van der Waals surface area (Å²) in [6, 6.07) is 18.1. The first-order valence-electron chi connectivity index (χ1n) is 13.9. The van der Waals surface area contributed by atoms with Crippen molar-refractivity contribution in [1.29, 1.82) is 0 Å². The number of carboxylic acids is 1. The van der Waals surface area contributed by atoms with Crippen molar-refractivity contribution in [3.63, 3.8) is 0 Å². The van der Waals surface area contributed by atoms with Crippen LogP contribution in [0.25, 0.3) is 43.2 Å². The van der Waals surface area contributed by atoms with Gasteiger partial charge in [-0.15, -0.1) is 11.3 Å². The lowest BCUT2D eigenvalue weighted by molar-refractivity contribution is -0.136. The number of hydrogen-bond acceptors (Lipinski definition) is 6. The number of hydrogen-bond donors (Lipinski definition) is 1. The van der Waals surface area contributed by atoms with Gasteiger partial charge in [-0.3, -0.25) is 9.78 Å². The number of fused-ring (bicyclic) bond motifs is 2. The Morgan fingerprint density at radius 3 is 2.67 bits per heavy atom. The number of nitrogens with zero attached hydrogens (tertiary/aromatic N) is 3. The van der Waals surface area contributed by atoms with Gasteiger partial charge in [-0.25, -0.2) is 4.98 Å². The molecule has 0 unspecified atom stereocenters. The van der Waals surface area contributed by atoms with Crippen LogP contribution in [0.3, 0.4) is 0 Å². The quantitative estimate of drug-likeness (QED) is 0.212. The van der Waals surface area contributed by atoms with Gasteiger partial charge in [0.15, 0.2) is 0 Å². The normalized spacial score (nSPS) is 13.0. The molecule has 0 amide bonds. The Morgan fingerprint density at radius 2 is 1.90 bits per heavy atom. The highest BCUT2D eigenvalue weighted by Crippen LogP contribution is 2.45. The van der Waals surface area contributed by atoms with Crippen molar-refractivity contribution < 1.29 is 14.6 Å². The molecular weight excluding hydrogens is 566 g/mol. The molecule has 3 aromatic carbocycles. The molecule has 214 valence electrons. The Hall–Kier alpha value is -3.94. The number of aryl methyl sites for hydroxylation is 1. The lowest BCUT2D eigenvalue weighted by Gasteiger charge is -2.24. The average molecular weight is 598 g/mol. The van der Waals surface area contributed by atoms with Gasteiger partial charge in [0.25, 0.3) is 0 Å². The molecule has 1 aliphatic rings. The predicted octanol–water partition coefficient (Wildman–Crippen LogP) is 8.45. The highest BCUT2D eigenvalue weighted by molar-refractivity contribution is 7.22. The molecule has 6 rings (SSSR count). The van der Waals surface area contributed by atoms with Gasteiger partial charge in [-0.1, -0.05) is 23.7 Å². The van der Waals surface area contributed by atoms with Gasteiger partial charge in [-0.05, 0) is 93.3 Å². The number of thiazole rings is 1. The zero-order chi connectivity index (χ0) is 29.8. The smallest absolute Gasteiger partial charge is 0.307 e. The van der Waals surface area contributed by atoms with Crippen LogP contribution in [0.4, 0.5) is 5.69 Å². The van der Waals surface area contributed by atoms with Crippen molar-refractivity contribution in [2.24, 2.45) is 0 Å². The highest BCUT2D eigenvalue weighted by atomic mass is 35.5. The molecule has 8 heteroatoms. The summed E-state index contributed by atoms with van der Waals surface area (Å²) in [5.41, 5.74) is 9.08. The Bertz CT molecular complexity index is 1860. The zero-order valence-corrected chi connectivity index (χ0v) is 25.9. The fraction of sp³-hybridized carbons (Fsp3) is 0.265. The molecule has 1 aliphatic heterocycles. The Balaban J connectivity index is 1.52. The summed E-state index contributed by atoms with van der Waals surface area (Å²) in [6.07, 6.45) is 2.77. The highest BCUT2D eigenvalue weighted by Gasteiger charge is 2.24. The molecule has 0 saturated carbocycles. The molecule has 0 radical (unpaired) electrons. The molecular formula is C34H32ClN3O3S. The number of ether oxygens (including phenoxy) is 1. The Kier molecular flexibility index (Phi) is 7.19. The molecule has 42 heavy (non-hydrogen) atoms. The van der Waals surface area contributed by atoms with E-state index in [2.05, 4.69) is 41.2 Å². The number of carboxylic acid groups (broad SMARTS) is 1. The van der Waals surface area contributed by atoms with Crippen LogP contribution in [0.1, 0.15) is 37.5 Å². The largest absolute Gasteiger partial charge is 0.487 e. The van der Waals surface area contributed by atoms with E-state index in [9.17, 15) is 9.90 Å². The van der Waals surface area contributed by atoms with Crippen LogP contribution in [0.15, 0.2) is 60.8 Å². The maximum atomic E-state index is 12.0. The number of carbonyl (C=O) groups is 1. The van der Waals surface area contributed by atoms with Gasteiger partial charge in [0.05, 0.1) is 22.3 Å². The lowest BCUT2D eigenvalue weighted by atomic mass is 9.92. The monoisotopic (exact) mass is 597 g/mol. The SMILES string of the molecule is Cc1cc2nc(-c3ccnc(-c4ccc5c(c4)N(C)CC5)c3)sc2c(-c2ccc(Cl)cc2OC(C)(C)C)c1CC(=O)O. The average Bonchev–Trinajstić information content (AvgIpc) is 3.52. The summed E-state index contributed by atoms with van der Waals surface area (Å²) in [7, 11) is 2.12. The molecule has 0 saturated heterocycles. The summed E-state index contributed by atoms with van der Waals surface area (Å²) in [5.74, 6) is -0.286. The Labute approximate surface area is 254 Å². The molecule has 0 atom stereocenters. The maximum absolute atomic E-state index is 12.0. The molecule has 2 aromatic heterocycles. The molecule has 3 heterocycles. The zero-order valence-electron chi connectivity index (χ0n) is 24.3. The first-order chi connectivity index (χ1) is 20.0. The van der Waals surface area contributed by atoms with E-state index in [4.69, 9.17) is 21.3 Å². The van der Waals surface area contributed by atoms with E-state index in [0.29, 0.717) is 10.8 Å². The van der Waals surface area contributed by atoms with Gasteiger partial charge in [-0.2, -0.15) is 0 Å². The summed E-state index contributed by atoms with van der Waals surface area (Å²) in [4.78, 5) is 24.0. The number of aliphatic carboxylic acids is 1. The van der Waals surface area contributed by atoms with Gasteiger partial charge in [0.1, 0.15) is 16.4 Å². The number of rotatable bonds is 6. The molecule has 0 fully saturated rings. The predicted molar refractivity (Wildman–Crippen MR) is 172 cm³/mol. The molecule has 0 bridgehead atoms. The fourth-order valence-corrected chi connectivity index (χ4v) is 6.85. The van der Waals surface area contributed by atoms with Crippen LogP contribution in [-0.2, 0) is 17.6 Å². The minimum absolute atomic E-state index is 0.117. The molecule has 1 N–H and O–H groups in total. The van der Waals surface area contributed by atoms with E-state index in [1.165, 1.54) is 11.3 Å². The van der Waals surface area contributed by atoms with Gasteiger partial charge in [0.2, 0.25) is 0 Å². The number of likely N-dealkylation sites (N-methyl/N-ethyl adjacent to an activating group) is 1. The minimum atomic E-state index is -0.894. The van der Waals surface area contributed by atoms with E-state index >= 15 is 0 Å². The summed E-state index contributed by atoms with van der Waals surface area (Å²) < 4.78 is 7.26. The van der Waals surface area contributed by atoms with Crippen LogP contribution in [0, 0.1) is 6.92 Å². The lowest BCUT2D eigenvalue weighted by Crippen LogP contribution is -2.23. The molecule has 6 nitrogen and oxygen atoms in total. The second-order valence-corrected chi connectivity index (χ2v) is 13.2. The third-order valence-electron chi connectivity index (χ3n) is 7.48.